The second-order valence-electron chi connectivity index (χ2n) is 4.95. The van der Waals surface area contributed by atoms with E-state index in [1.54, 1.807) is 0 Å². The minimum atomic E-state index is 0.638. The first-order chi connectivity index (χ1) is 9.08. The molecule has 0 unspecified atom stereocenters. The summed E-state index contributed by atoms with van der Waals surface area (Å²) in [6.07, 6.45) is 1.13. The number of hydrogen-bond acceptors (Lipinski definition) is 4. The molecule has 0 aliphatic carbocycles. The van der Waals surface area contributed by atoms with Gasteiger partial charge in [-0.15, -0.1) is 0 Å². The number of hydrogen-bond donors (Lipinski definition) is 1. The molecule has 1 rings (SSSR count). The third-order valence-electron chi connectivity index (χ3n) is 2.97. The van der Waals surface area contributed by atoms with Crippen LogP contribution in [-0.4, -0.2) is 45.2 Å². The van der Waals surface area contributed by atoms with Crippen molar-refractivity contribution in [1.29, 1.82) is 0 Å². The molecule has 1 aromatic rings. The monoisotopic (exact) mass is 265 g/mol. The number of nitrogen functional groups attached to an aromatic ring is 1. The van der Waals surface area contributed by atoms with Gasteiger partial charge in [-0.3, -0.25) is 0 Å². The predicted molar refractivity (Wildman–Crippen MR) is 83.1 cm³/mol. The molecule has 2 N–H and O–H groups in total. The average Bonchev–Trinajstić information content (AvgIpc) is 2.37. The second kappa shape index (κ2) is 7.89. The molecule has 1 aromatic carbocycles. The first-order valence-corrected chi connectivity index (χ1v) is 7.00. The van der Waals surface area contributed by atoms with Crippen LogP contribution in [0.2, 0.25) is 0 Å². The number of rotatable bonds is 8. The highest BCUT2D eigenvalue weighted by Crippen LogP contribution is 2.27. The second-order valence-corrected chi connectivity index (χ2v) is 4.95. The number of likely N-dealkylation sites (N-methyl/N-ethyl adjacent to an activating group) is 1. The van der Waals surface area contributed by atoms with E-state index in [2.05, 4.69) is 36.9 Å². The molecule has 19 heavy (non-hydrogen) atoms. The zero-order valence-corrected chi connectivity index (χ0v) is 12.6. The van der Waals surface area contributed by atoms with Crippen molar-refractivity contribution in [2.24, 2.45) is 0 Å². The van der Waals surface area contributed by atoms with Gasteiger partial charge in [-0.1, -0.05) is 6.92 Å². The highest BCUT2D eigenvalue weighted by atomic mass is 16.5. The Morgan fingerprint density at radius 1 is 1.11 bits per heavy atom. The van der Waals surface area contributed by atoms with Crippen molar-refractivity contribution in [2.45, 2.75) is 20.3 Å². The summed E-state index contributed by atoms with van der Waals surface area (Å²) in [7, 11) is 4.19. The molecule has 0 spiro atoms. The highest BCUT2D eigenvalue weighted by Gasteiger charge is 2.09. The minimum absolute atomic E-state index is 0.638. The quantitative estimate of drug-likeness (QED) is 0.733. The highest BCUT2D eigenvalue weighted by molar-refractivity contribution is 5.62. The Hall–Kier alpha value is -1.42. The molecule has 0 atom stereocenters. The fraction of sp³-hybridized carbons (Fsp3) is 0.600. The van der Waals surface area contributed by atoms with Gasteiger partial charge in [0.2, 0.25) is 0 Å². The van der Waals surface area contributed by atoms with Gasteiger partial charge in [-0.25, -0.2) is 0 Å². The molecule has 4 nitrogen and oxygen atoms in total. The molecule has 0 fully saturated rings. The van der Waals surface area contributed by atoms with E-state index in [-0.39, 0.29) is 0 Å². The van der Waals surface area contributed by atoms with E-state index in [9.17, 15) is 0 Å². The van der Waals surface area contributed by atoms with Crippen molar-refractivity contribution in [3.05, 3.63) is 18.2 Å². The van der Waals surface area contributed by atoms with Crippen LogP contribution in [0.4, 0.5) is 11.4 Å². The lowest BCUT2D eigenvalue weighted by Gasteiger charge is -2.26. The largest absolute Gasteiger partial charge is 0.492 e. The van der Waals surface area contributed by atoms with Crippen LogP contribution in [0.25, 0.3) is 0 Å². The van der Waals surface area contributed by atoms with Gasteiger partial charge in [0.25, 0.3) is 0 Å². The van der Waals surface area contributed by atoms with Crippen LogP contribution in [0.1, 0.15) is 20.3 Å². The number of benzene rings is 1. The van der Waals surface area contributed by atoms with Crippen molar-refractivity contribution in [3.63, 3.8) is 0 Å². The fourth-order valence-corrected chi connectivity index (χ4v) is 1.96. The summed E-state index contributed by atoms with van der Waals surface area (Å²) < 4.78 is 5.57. The third-order valence-corrected chi connectivity index (χ3v) is 2.97. The SMILES string of the molecule is CCCN(CCN(C)C)c1ccc(N)c(OCC)c1. The van der Waals surface area contributed by atoms with E-state index < -0.39 is 0 Å². The maximum Gasteiger partial charge on any atom is 0.144 e. The van der Waals surface area contributed by atoms with Crippen LogP contribution in [0, 0.1) is 0 Å². The van der Waals surface area contributed by atoms with Crippen LogP contribution >= 0.6 is 0 Å². The first kappa shape index (κ1) is 15.6. The van der Waals surface area contributed by atoms with Gasteiger partial charge in [-0.05, 0) is 39.6 Å². The normalized spacial score (nSPS) is 10.8. The van der Waals surface area contributed by atoms with E-state index in [1.807, 2.05) is 19.1 Å². The number of nitrogens with zero attached hydrogens (tertiary/aromatic N) is 2. The number of ether oxygens (including phenoxy) is 1. The van der Waals surface area contributed by atoms with Crippen molar-refractivity contribution >= 4 is 11.4 Å². The molecule has 0 saturated heterocycles. The van der Waals surface area contributed by atoms with Crippen molar-refractivity contribution in [3.8, 4) is 5.75 Å². The predicted octanol–water partition coefficient (Wildman–Crippen LogP) is 2.45. The zero-order valence-electron chi connectivity index (χ0n) is 12.6. The summed E-state index contributed by atoms with van der Waals surface area (Å²) in [5, 5.41) is 0. The van der Waals surface area contributed by atoms with Gasteiger partial charge < -0.3 is 20.3 Å². The van der Waals surface area contributed by atoms with Gasteiger partial charge >= 0.3 is 0 Å². The van der Waals surface area contributed by atoms with Crippen LogP contribution in [0.5, 0.6) is 5.75 Å². The van der Waals surface area contributed by atoms with Crippen molar-refractivity contribution in [1.82, 2.24) is 4.90 Å². The fourth-order valence-electron chi connectivity index (χ4n) is 1.96. The van der Waals surface area contributed by atoms with Gasteiger partial charge in [0, 0.05) is 31.4 Å². The van der Waals surface area contributed by atoms with Crippen molar-refractivity contribution < 1.29 is 4.74 Å². The molecule has 0 aliphatic heterocycles. The Kier molecular flexibility index (Phi) is 6.50. The van der Waals surface area contributed by atoms with Crippen LogP contribution in [0.3, 0.4) is 0 Å². The molecule has 0 heterocycles. The molecule has 4 heteroatoms. The molecular formula is C15H27N3O. The van der Waals surface area contributed by atoms with E-state index in [4.69, 9.17) is 10.5 Å². The topological polar surface area (TPSA) is 41.7 Å². The average molecular weight is 265 g/mol. The number of anilines is 2. The number of nitrogens with two attached hydrogens (primary N) is 1. The standard InChI is InChI=1S/C15H27N3O/c1-5-9-18(11-10-17(3)4)13-7-8-14(16)15(12-13)19-6-2/h7-8,12H,5-6,9-11,16H2,1-4H3. The molecule has 0 aromatic heterocycles. The molecular weight excluding hydrogens is 238 g/mol. The Bertz CT molecular complexity index is 380. The summed E-state index contributed by atoms with van der Waals surface area (Å²) in [4.78, 5) is 4.57. The Balaban J connectivity index is 2.85. The molecule has 0 aliphatic rings. The lowest BCUT2D eigenvalue weighted by Crippen LogP contribution is -2.32. The summed E-state index contributed by atoms with van der Waals surface area (Å²) in [5.74, 6) is 0.783. The molecule has 0 bridgehead atoms. The summed E-state index contributed by atoms with van der Waals surface area (Å²) >= 11 is 0. The molecule has 0 radical (unpaired) electrons. The molecule has 0 amide bonds. The van der Waals surface area contributed by atoms with Gasteiger partial charge in [-0.2, -0.15) is 0 Å². The zero-order chi connectivity index (χ0) is 14.3. The van der Waals surface area contributed by atoms with Crippen LogP contribution in [-0.2, 0) is 0 Å². The van der Waals surface area contributed by atoms with Gasteiger partial charge in [0.1, 0.15) is 5.75 Å². The summed E-state index contributed by atoms with van der Waals surface area (Å²) in [6, 6.07) is 6.05. The van der Waals surface area contributed by atoms with E-state index in [0.717, 1.165) is 31.8 Å². The van der Waals surface area contributed by atoms with E-state index >= 15 is 0 Å². The Morgan fingerprint density at radius 2 is 1.84 bits per heavy atom. The maximum atomic E-state index is 5.92. The summed E-state index contributed by atoms with van der Waals surface area (Å²) in [6.45, 7) is 7.90. The van der Waals surface area contributed by atoms with Gasteiger partial charge in [0.05, 0.1) is 12.3 Å². The van der Waals surface area contributed by atoms with E-state index in [1.165, 1.54) is 5.69 Å². The smallest absolute Gasteiger partial charge is 0.144 e. The third kappa shape index (κ3) is 4.99. The Labute approximate surface area is 117 Å². The Morgan fingerprint density at radius 3 is 2.42 bits per heavy atom. The summed E-state index contributed by atoms with van der Waals surface area (Å²) in [5.41, 5.74) is 7.81. The van der Waals surface area contributed by atoms with Gasteiger partial charge in [0.15, 0.2) is 0 Å². The van der Waals surface area contributed by atoms with Crippen molar-refractivity contribution in [2.75, 3.05) is 51.0 Å². The van der Waals surface area contributed by atoms with E-state index in [0.29, 0.717) is 12.3 Å². The molecule has 108 valence electrons. The lowest BCUT2D eigenvalue weighted by molar-refractivity contribution is 0.342. The van der Waals surface area contributed by atoms with Crippen LogP contribution < -0.4 is 15.4 Å². The first-order valence-electron chi connectivity index (χ1n) is 7.00. The molecule has 0 saturated carbocycles. The minimum Gasteiger partial charge on any atom is -0.492 e. The van der Waals surface area contributed by atoms with Crippen LogP contribution in [0.15, 0.2) is 18.2 Å². The maximum absolute atomic E-state index is 5.92. The lowest BCUT2D eigenvalue weighted by atomic mass is 10.2.